The average molecular weight is 350 g/mol. The molecule has 128 valence electrons. The molecule has 3 rings (SSSR count). The number of amides is 1. The van der Waals surface area contributed by atoms with E-state index in [4.69, 9.17) is 20.9 Å². The number of aryl methyl sites for hydroxylation is 1. The molecule has 0 spiro atoms. The van der Waals surface area contributed by atoms with E-state index in [-0.39, 0.29) is 18.5 Å². The van der Waals surface area contributed by atoms with Gasteiger partial charge < -0.3 is 14.6 Å². The van der Waals surface area contributed by atoms with Crippen molar-refractivity contribution < 1.29 is 14.1 Å². The Morgan fingerprint density at radius 3 is 3.04 bits per heavy atom. The van der Waals surface area contributed by atoms with Gasteiger partial charge >= 0.3 is 0 Å². The number of nitrogens with zero attached hydrogens (tertiary/aromatic N) is 2. The van der Waals surface area contributed by atoms with Gasteiger partial charge in [-0.05, 0) is 44.5 Å². The second kappa shape index (κ2) is 7.23. The Bertz CT molecular complexity index is 732. The molecule has 0 saturated carbocycles. The van der Waals surface area contributed by atoms with Gasteiger partial charge in [0.25, 0.3) is 0 Å². The maximum Gasteiger partial charge on any atom is 0.238 e. The van der Waals surface area contributed by atoms with Gasteiger partial charge in [0, 0.05) is 11.1 Å². The molecule has 1 aromatic carbocycles. The van der Waals surface area contributed by atoms with Crippen LogP contribution in [0.3, 0.4) is 0 Å². The second-order valence-corrected chi connectivity index (χ2v) is 6.32. The number of aromatic nitrogens is 1. The van der Waals surface area contributed by atoms with Crippen LogP contribution >= 0.6 is 11.6 Å². The van der Waals surface area contributed by atoms with Gasteiger partial charge in [-0.1, -0.05) is 16.8 Å². The fourth-order valence-electron chi connectivity index (χ4n) is 3.05. The van der Waals surface area contributed by atoms with Crippen molar-refractivity contribution in [1.29, 1.82) is 0 Å². The molecule has 6 nitrogen and oxygen atoms in total. The number of hydrogen-bond donors (Lipinski definition) is 1. The number of methoxy groups -OCH3 is 1. The summed E-state index contributed by atoms with van der Waals surface area (Å²) >= 11 is 6.00. The van der Waals surface area contributed by atoms with Crippen LogP contribution < -0.4 is 10.1 Å². The Morgan fingerprint density at radius 2 is 2.33 bits per heavy atom. The van der Waals surface area contributed by atoms with E-state index in [9.17, 15) is 4.79 Å². The molecule has 1 N–H and O–H groups in total. The predicted molar refractivity (Wildman–Crippen MR) is 91.4 cm³/mol. The molecule has 24 heavy (non-hydrogen) atoms. The molecular weight excluding hydrogens is 330 g/mol. The molecule has 2 aromatic rings. The maximum atomic E-state index is 12.4. The van der Waals surface area contributed by atoms with Gasteiger partial charge in [-0.25, -0.2) is 0 Å². The molecule has 1 aliphatic rings. The van der Waals surface area contributed by atoms with Gasteiger partial charge in [0.15, 0.2) is 0 Å². The topological polar surface area (TPSA) is 67.6 Å². The number of anilines is 1. The number of benzene rings is 1. The van der Waals surface area contributed by atoms with E-state index in [0.717, 1.165) is 30.8 Å². The van der Waals surface area contributed by atoms with E-state index in [1.165, 1.54) is 0 Å². The minimum absolute atomic E-state index is 0.109. The van der Waals surface area contributed by atoms with Crippen LogP contribution in [0.15, 0.2) is 28.8 Å². The average Bonchev–Trinajstić information content (AvgIpc) is 3.16. The number of rotatable bonds is 5. The molecule has 2 heterocycles. The van der Waals surface area contributed by atoms with Crippen molar-refractivity contribution in [3.63, 3.8) is 0 Å². The van der Waals surface area contributed by atoms with E-state index in [1.807, 2.05) is 13.0 Å². The van der Waals surface area contributed by atoms with Crippen LogP contribution in [0.4, 0.5) is 5.69 Å². The first-order chi connectivity index (χ1) is 11.6. The van der Waals surface area contributed by atoms with Gasteiger partial charge in [-0.15, -0.1) is 0 Å². The molecule has 1 aromatic heterocycles. The van der Waals surface area contributed by atoms with Gasteiger partial charge in [0.1, 0.15) is 17.2 Å². The summed E-state index contributed by atoms with van der Waals surface area (Å²) in [5.41, 5.74) is 1.46. The molecule has 1 fully saturated rings. The van der Waals surface area contributed by atoms with Gasteiger partial charge in [0.2, 0.25) is 5.91 Å². The summed E-state index contributed by atoms with van der Waals surface area (Å²) in [6, 6.07) is 7.19. The lowest BCUT2D eigenvalue weighted by Crippen LogP contribution is -2.33. The summed E-state index contributed by atoms with van der Waals surface area (Å²) in [5, 5.41) is 7.51. The summed E-state index contributed by atoms with van der Waals surface area (Å²) in [5.74, 6) is 1.26. The number of carbonyl (C=O) groups is 1. The van der Waals surface area contributed by atoms with Gasteiger partial charge in [0.05, 0.1) is 25.4 Å². The van der Waals surface area contributed by atoms with E-state index < -0.39 is 0 Å². The van der Waals surface area contributed by atoms with E-state index in [2.05, 4.69) is 15.4 Å². The maximum absolute atomic E-state index is 12.4. The number of nitrogens with one attached hydrogen (secondary N) is 1. The SMILES string of the molecule is COc1ccc(Cl)cc1NC(=O)CN1CCC[C@H]1c1cc(C)on1. The van der Waals surface area contributed by atoms with Crippen LogP contribution in [0.25, 0.3) is 0 Å². The Hall–Kier alpha value is -2.05. The van der Waals surface area contributed by atoms with Gasteiger partial charge in [-0.2, -0.15) is 0 Å². The second-order valence-electron chi connectivity index (χ2n) is 5.88. The van der Waals surface area contributed by atoms with Crippen LogP contribution in [-0.4, -0.2) is 36.2 Å². The lowest BCUT2D eigenvalue weighted by atomic mass is 10.1. The third-order valence-corrected chi connectivity index (χ3v) is 4.37. The van der Waals surface area contributed by atoms with Gasteiger partial charge in [-0.3, -0.25) is 9.69 Å². The van der Waals surface area contributed by atoms with Crippen LogP contribution in [0.1, 0.15) is 30.3 Å². The van der Waals surface area contributed by atoms with Crippen LogP contribution in [0, 0.1) is 6.92 Å². The van der Waals surface area contributed by atoms with Crippen molar-refractivity contribution in [3.8, 4) is 5.75 Å². The quantitative estimate of drug-likeness (QED) is 0.895. The Balaban J connectivity index is 1.67. The summed E-state index contributed by atoms with van der Waals surface area (Å²) in [4.78, 5) is 14.5. The largest absolute Gasteiger partial charge is 0.495 e. The van der Waals surface area contributed by atoms with Crippen molar-refractivity contribution in [1.82, 2.24) is 10.1 Å². The Kier molecular flexibility index (Phi) is 5.06. The number of likely N-dealkylation sites (tertiary alicyclic amines) is 1. The van der Waals surface area contributed by atoms with Crippen LogP contribution in [0.5, 0.6) is 5.75 Å². The highest BCUT2D eigenvalue weighted by Crippen LogP contribution is 2.32. The first kappa shape index (κ1) is 16.8. The van der Waals surface area contributed by atoms with Crippen molar-refractivity contribution >= 4 is 23.2 Å². The number of carbonyl (C=O) groups excluding carboxylic acids is 1. The first-order valence-electron chi connectivity index (χ1n) is 7.87. The normalized spacial score (nSPS) is 17.9. The van der Waals surface area contributed by atoms with Crippen molar-refractivity contribution in [2.75, 3.05) is 25.5 Å². The highest BCUT2D eigenvalue weighted by molar-refractivity contribution is 6.31. The van der Waals surface area contributed by atoms with Crippen molar-refractivity contribution in [3.05, 3.63) is 40.7 Å². The third-order valence-electron chi connectivity index (χ3n) is 4.13. The number of hydrogen-bond acceptors (Lipinski definition) is 5. The molecule has 1 amide bonds. The Labute approximate surface area is 145 Å². The molecule has 1 aliphatic heterocycles. The molecule has 0 unspecified atom stereocenters. The third kappa shape index (κ3) is 3.71. The highest BCUT2D eigenvalue weighted by Gasteiger charge is 2.30. The lowest BCUT2D eigenvalue weighted by Gasteiger charge is -2.22. The van der Waals surface area contributed by atoms with E-state index >= 15 is 0 Å². The number of halogens is 1. The molecule has 1 atom stereocenters. The standard InChI is InChI=1S/C17H20ClN3O3/c1-11-8-13(20-24-11)15-4-3-7-21(15)10-17(22)19-14-9-12(18)5-6-16(14)23-2/h5-6,8-9,15H,3-4,7,10H2,1-2H3,(H,19,22)/t15-/m0/s1. The smallest absolute Gasteiger partial charge is 0.238 e. The monoisotopic (exact) mass is 349 g/mol. The zero-order valence-electron chi connectivity index (χ0n) is 13.7. The minimum Gasteiger partial charge on any atom is -0.495 e. The van der Waals surface area contributed by atoms with Crippen LogP contribution in [-0.2, 0) is 4.79 Å². The minimum atomic E-state index is -0.109. The lowest BCUT2D eigenvalue weighted by molar-refractivity contribution is -0.117. The molecule has 1 saturated heterocycles. The Morgan fingerprint density at radius 1 is 1.50 bits per heavy atom. The fourth-order valence-corrected chi connectivity index (χ4v) is 3.22. The summed E-state index contributed by atoms with van der Waals surface area (Å²) in [6.07, 6.45) is 2.00. The molecule has 0 radical (unpaired) electrons. The van der Waals surface area contributed by atoms with E-state index in [0.29, 0.717) is 16.5 Å². The van der Waals surface area contributed by atoms with E-state index in [1.54, 1.807) is 25.3 Å². The van der Waals surface area contributed by atoms with Crippen molar-refractivity contribution in [2.45, 2.75) is 25.8 Å². The van der Waals surface area contributed by atoms with Crippen LogP contribution in [0.2, 0.25) is 5.02 Å². The summed E-state index contributed by atoms with van der Waals surface area (Å²) in [6.45, 7) is 3.01. The zero-order valence-corrected chi connectivity index (χ0v) is 14.5. The summed E-state index contributed by atoms with van der Waals surface area (Å²) in [7, 11) is 1.56. The predicted octanol–water partition coefficient (Wildman–Crippen LogP) is 3.42. The molecule has 0 bridgehead atoms. The first-order valence-corrected chi connectivity index (χ1v) is 8.25. The fraction of sp³-hybridized carbons (Fsp3) is 0.412. The number of ether oxygens (including phenoxy) is 1. The molecule has 0 aliphatic carbocycles. The van der Waals surface area contributed by atoms with Crippen molar-refractivity contribution in [2.24, 2.45) is 0 Å². The zero-order chi connectivity index (χ0) is 17.1. The highest BCUT2D eigenvalue weighted by atomic mass is 35.5. The summed E-state index contributed by atoms with van der Waals surface area (Å²) < 4.78 is 10.4. The molecular formula is C17H20ClN3O3. The molecule has 7 heteroatoms.